The summed E-state index contributed by atoms with van der Waals surface area (Å²) in [4.78, 5) is 4.82. The monoisotopic (exact) mass is 335 g/mol. The standard InChI is InChI=1S/C20H21N3O2/c1-14(2)13-23-17-7-5-4-6-16(17)22-20(23)15-8-9-18(25-11-10-21)19(12-15)24-3/h4-9,12,14H,11,13H2,1-3H3. The van der Waals surface area contributed by atoms with E-state index in [1.165, 1.54) is 0 Å². The lowest BCUT2D eigenvalue weighted by molar-refractivity contribution is 0.330. The average Bonchev–Trinajstić information content (AvgIpc) is 2.98. The molecule has 0 amide bonds. The van der Waals surface area contributed by atoms with E-state index in [0.29, 0.717) is 17.4 Å². The topological polar surface area (TPSA) is 60.1 Å². The molecular formula is C20H21N3O2. The zero-order valence-corrected chi connectivity index (χ0v) is 14.7. The summed E-state index contributed by atoms with van der Waals surface area (Å²) in [7, 11) is 1.59. The lowest BCUT2D eigenvalue weighted by atomic mass is 10.1. The Hall–Kier alpha value is -3.00. The number of nitrogens with zero attached hydrogens (tertiary/aromatic N) is 3. The third-order valence-corrected chi connectivity index (χ3v) is 3.92. The van der Waals surface area contributed by atoms with Crippen molar-refractivity contribution in [1.82, 2.24) is 9.55 Å². The molecule has 3 rings (SSSR count). The summed E-state index contributed by atoms with van der Waals surface area (Å²) in [5.74, 6) is 2.55. The van der Waals surface area contributed by atoms with Gasteiger partial charge in [0.05, 0.1) is 18.1 Å². The molecule has 1 aromatic heterocycles. The van der Waals surface area contributed by atoms with Crippen LogP contribution in [-0.4, -0.2) is 23.3 Å². The maximum Gasteiger partial charge on any atom is 0.174 e. The highest BCUT2D eigenvalue weighted by atomic mass is 16.5. The molecule has 5 nitrogen and oxygen atoms in total. The van der Waals surface area contributed by atoms with Crippen molar-refractivity contribution in [2.45, 2.75) is 20.4 Å². The molecule has 1 heterocycles. The number of nitriles is 1. The van der Waals surface area contributed by atoms with E-state index < -0.39 is 0 Å². The van der Waals surface area contributed by atoms with E-state index in [4.69, 9.17) is 19.7 Å². The maximum absolute atomic E-state index is 8.70. The predicted octanol–water partition coefficient (Wildman–Crippen LogP) is 4.27. The predicted molar refractivity (Wildman–Crippen MR) is 97.7 cm³/mol. The highest BCUT2D eigenvalue weighted by Crippen LogP contribution is 2.34. The molecule has 0 saturated heterocycles. The first-order chi connectivity index (χ1) is 12.1. The Labute approximate surface area is 147 Å². The minimum Gasteiger partial charge on any atom is -0.493 e. The highest BCUT2D eigenvalue weighted by Gasteiger charge is 2.15. The Morgan fingerprint density at radius 3 is 2.68 bits per heavy atom. The second-order valence-electron chi connectivity index (χ2n) is 6.24. The van der Waals surface area contributed by atoms with Crippen molar-refractivity contribution in [1.29, 1.82) is 5.26 Å². The van der Waals surface area contributed by atoms with Gasteiger partial charge in [-0.2, -0.15) is 5.26 Å². The van der Waals surface area contributed by atoms with Crippen LogP contribution in [0.25, 0.3) is 22.4 Å². The lowest BCUT2D eigenvalue weighted by Gasteiger charge is -2.14. The smallest absolute Gasteiger partial charge is 0.174 e. The molecule has 0 bridgehead atoms. The minimum absolute atomic E-state index is 0.0123. The van der Waals surface area contributed by atoms with E-state index in [1.807, 2.05) is 42.5 Å². The molecule has 0 saturated carbocycles. The number of hydrogen-bond donors (Lipinski definition) is 0. The van der Waals surface area contributed by atoms with Gasteiger partial charge in [-0.3, -0.25) is 0 Å². The number of benzene rings is 2. The van der Waals surface area contributed by atoms with Crippen LogP contribution in [0.3, 0.4) is 0 Å². The Kier molecular flexibility index (Phi) is 4.90. The van der Waals surface area contributed by atoms with Gasteiger partial charge in [0.1, 0.15) is 11.9 Å². The SMILES string of the molecule is COc1cc(-c2nc3ccccc3n2CC(C)C)ccc1OCC#N. The highest BCUT2D eigenvalue weighted by molar-refractivity contribution is 5.81. The van der Waals surface area contributed by atoms with Crippen molar-refractivity contribution in [3.8, 4) is 29.0 Å². The third kappa shape index (κ3) is 3.43. The normalized spacial score (nSPS) is 10.8. The summed E-state index contributed by atoms with van der Waals surface area (Å²) in [6, 6.07) is 15.8. The maximum atomic E-state index is 8.70. The molecule has 0 fully saturated rings. The largest absolute Gasteiger partial charge is 0.493 e. The van der Waals surface area contributed by atoms with Gasteiger partial charge in [-0.05, 0) is 36.2 Å². The number of imidazole rings is 1. The Balaban J connectivity index is 2.11. The van der Waals surface area contributed by atoms with Crippen LogP contribution in [-0.2, 0) is 6.54 Å². The fraction of sp³-hybridized carbons (Fsp3) is 0.300. The molecule has 5 heteroatoms. The molecule has 0 radical (unpaired) electrons. The first kappa shape index (κ1) is 16.8. The van der Waals surface area contributed by atoms with Crippen molar-refractivity contribution < 1.29 is 9.47 Å². The summed E-state index contributed by atoms with van der Waals surface area (Å²) in [6.45, 7) is 5.25. The van der Waals surface area contributed by atoms with Crippen LogP contribution in [0.5, 0.6) is 11.5 Å². The van der Waals surface area contributed by atoms with Crippen LogP contribution in [0, 0.1) is 17.2 Å². The van der Waals surface area contributed by atoms with Crippen LogP contribution in [0.15, 0.2) is 42.5 Å². The minimum atomic E-state index is -0.0123. The Morgan fingerprint density at radius 1 is 1.16 bits per heavy atom. The van der Waals surface area contributed by atoms with Crippen molar-refractivity contribution in [2.75, 3.05) is 13.7 Å². The van der Waals surface area contributed by atoms with Crippen LogP contribution < -0.4 is 9.47 Å². The summed E-state index contributed by atoms with van der Waals surface area (Å²) in [6.07, 6.45) is 0. The summed E-state index contributed by atoms with van der Waals surface area (Å²) in [5, 5.41) is 8.70. The number of ether oxygens (including phenoxy) is 2. The van der Waals surface area contributed by atoms with Gasteiger partial charge >= 0.3 is 0 Å². The van der Waals surface area contributed by atoms with Crippen molar-refractivity contribution in [3.05, 3.63) is 42.5 Å². The van der Waals surface area contributed by atoms with Gasteiger partial charge in [-0.15, -0.1) is 0 Å². The zero-order chi connectivity index (χ0) is 17.8. The molecule has 0 unspecified atom stereocenters. The molecule has 0 aliphatic rings. The van der Waals surface area contributed by atoms with Crippen LogP contribution >= 0.6 is 0 Å². The van der Waals surface area contributed by atoms with Gasteiger partial charge in [0, 0.05) is 12.1 Å². The van der Waals surface area contributed by atoms with Crippen LogP contribution in [0.1, 0.15) is 13.8 Å². The first-order valence-corrected chi connectivity index (χ1v) is 8.27. The van der Waals surface area contributed by atoms with Gasteiger partial charge in [-0.1, -0.05) is 26.0 Å². The molecule has 0 aliphatic heterocycles. The Bertz CT molecular complexity index is 922. The summed E-state index contributed by atoms with van der Waals surface area (Å²) < 4.78 is 13.1. The number of aromatic nitrogens is 2. The van der Waals surface area contributed by atoms with E-state index >= 15 is 0 Å². The molecule has 0 spiro atoms. The number of fused-ring (bicyclic) bond motifs is 1. The lowest BCUT2D eigenvalue weighted by Crippen LogP contribution is -2.06. The fourth-order valence-corrected chi connectivity index (χ4v) is 2.88. The van der Waals surface area contributed by atoms with Gasteiger partial charge in [0.15, 0.2) is 18.1 Å². The van der Waals surface area contributed by atoms with Gasteiger partial charge < -0.3 is 14.0 Å². The fourth-order valence-electron chi connectivity index (χ4n) is 2.88. The van der Waals surface area contributed by atoms with E-state index in [9.17, 15) is 0 Å². The zero-order valence-electron chi connectivity index (χ0n) is 14.7. The molecule has 2 aromatic carbocycles. The Morgan fingerprint density at radius 2 is 1.96 bits per heavy atom. The number of methoxy groups -OCH3 is 1. The quantitative estimate of drug-likeness (QED) is 0.675. The van der Waals surface area contributed by atoms with Crippen molar-refractivity contribution in [3.63, 3.8) is 0 Å². The molecule has 0 atom stereocenters. The second-order valence-corrected chi connectivity index (χ2v) is 6.24. The summed E-state index contributed by atoms with van der Waals surface area (Å²) in [5.41, 5.74) is 3.05. The third-order valence-electron chi connectivity index (χ3n) is 3.92. The molecule has 25 heavy (non-hydrogen) atoms. The van der Waals surface area contributed by atoms with Gasteiger partial charge in [0.25, 0.3) is 0 Å². The second kappa shape index (κ2) is 7.27. The molecule has 3 aromatic rings. The number of hydrogen-bond acceptors (Lipinski definition) is 4. The van der Waals surface area contributed by atoms with E-state index in [1.54, 1.807) is 7.11 Å². The van der Waals surface area contributed by atoms with Gasteiger partial charge in [-0.25, -0.2) is 4.98 Å². The van der Waals surface area contributed by atoms with Crippen LogP contribution in [0.4, 0.5) is 0 Å². The molecular weight excluding hydrogens is 314 g/mol. The molecule has 0 N–H and O–H groups in total. The van der Waals surface area contributed by atoms with Crippen LogP contribution in [0.2, 0.25) is 0 Å². The molecule has 0 aliphatic carbocycles. The van der Waals surface area contributed by atoms with Crippen molar-refractivity contribution >= 4 is 11.0 Å². The van der Waals surface area contributed by atoms with Crippen molar-refractivity contribution in [2.24, 2.45) is 5.92 Å². The summed E-state index contributed by atoms with van der Waals surface area (Å²) >= 11 is 0. The van der Waals surface area contributed by atoms with E-state index in [0.717, 1.165) is 29.0 Å². The number of para-hydroxylation sites is 2. The number of rotatable bonds is 6. The van der Waals surface area contributed by atoms with Gasteiger partial charge in [0.2, 0.25) is 0 Å². The average molecular weight is 335 g/mol. The first-order valence-electron chi connectivity index (χ1n) is 8.27. The van der Waals surface area contributed by atoms with E-state index in [2.05, 4.69) is 24.5 Å². The molecule has 128 valence electrons. The van der Waals surface area contributed by atoms with E-state index in [-0.39, 0.29) is 6.61 Å².